The zero-order chi connectivity index (χ0) is 14.4. The highest BCUT2D eigenvalue weighted by Crippen LogP contribution is 2.34. The van der Waals surface area contributed by atoms with Gasteiger partial charge in [-0.2, -0.15) is 5.10 Å². The van der Waals surface area contributed by atoms with Crippen LogP contribution in [0.15, 0.2) is 47.6 Å². The number of hydrogen-bond donors (Lipinski definition) is 2. The summed E-state index contributed by atoms with van der Waals surface area (Å²) in [4.78, 5) is 0. The first-order valence-corrected chi connectivity index (χ1v) is 6.45. The number of hydrogen-bond acceptors (Lipinski definition) is 4. The summed E-state index contributed by atoms with van der Waals surface area (Å²) >= 11 is 5.89. The average Bonchev–Trinajstić information content (AvgIpc) is 2.48. The largest absolute Gasteiger partial charge is 0.503 e. The van der Waals surface area contributed by atoms with Crippen molar-refractivity contribution in [2.75, 3.05) is 7.11 Å². The lowest BCUT2D eigenvalue weighted by Crippen LogP contribution is -2.05. The van der Waals surface area contributed by atoms with Gasteiger partial charge in [0.2, 0.25) is 0 Å². The van der Waals surface area contributed by atoms with Gasteiger partial charge in [0.15, 0.2) is 11.5 Å². The third-order valence-electron chi connectivity index (χ3n) is 2.70. The molecule has 104 valence electrons. The van der Waals surface area contributed by atoms with Crippen molar-refractivity contribution in [3.05, 3.63) is 58.6 Å². The summed E-state index contributed by atoms with van der Waals surface area (Å²) < 4.78 is 5.03. The fourth-order valence-corrected chi connectivity index (χ4v) is 1.90. The van der Waals surface area contributed by atoms with Gasteiger partial charge in [-0.25, -0.2) is 0 Å². The maximum absolute atomic E-state index is 9.63. The minimum absolute atomic E-state index is 0.0661. The van der Waals surface area contributed by atoms with E-state index >= 15 is 0 Å². The predicted molar refractivity (Wildman–Crippen MR) is 80.5 cm³/mol. The molecule has 0 aliphatic rings. The number of ether oxygens (including phenoxy) is 1. The number of halogens is 1. The van der Waals surface area contributed by atoms with E-state index in [-0.39, 0.29) is 10.8 Å². The number of hydrazone groups is 1. The Morgan fingerprint density at radius 2 is 2.05 bits per heavy atom. The molecule has 0 radical (unpaired) electrons. The molecule has 0 unspecified atom stereocenters. The molecule has 2 N–H and O–H groups in total. The van der Waals surface area contributed by atoms with Gasteiger partial charge in [-0.15, -0.1) is 0 Å². The van der Waals surface area contributed by atoms with E-state index in [9.17, 15) is 5.11 Å². The molecule has 2 rings (SSSR count). The zero-order valence-electron chi connectivity index (χ0n) is 11.0. The second kappa shape index (κ2) is 6.82. The predicted octanol–water partition coefficient (Wildman–Crippen LogP) is 3.18. The van der Waals surface area contributed by atoms with E-state index in [1.54, 1.807) is 18.3 Å². The van der Waals surface area contributed by atoms with Gasteiger partial charge < -0.3 is 15.3 Å². The first-order chi connectivity index (χ1) is 9.70. The van der Waals surface area contributed by atoms with Crippen molar-refractivity contribution in [3.8, 4) is 11.5 Å². The molecule has 0 atom stereocenters. The molecule has 5 heteroatoms. The van der Waals surface area contributed by atoms with Crippen LogP contribution in [-0.4, -0.2) is 18.4 Å². The van der Waals surface area contributed by atoms with E-state index < -0.39 is 0 Å². The quantitative estimate of drug-likeness (QED) is 0.657. The van der Waals surface area contributed by atoms with E-state index in [0.29, 0.717) is 12.3 Å². The van der Waals surface area contributed by atoms with Gasteiger partial charge in [0.1, 0.15) is 0 Å². The minimum Gasteiger partial charge on any atom is -0.503 e. The van der Waals surface area contributed by atoms with Gasteiger partial charge in [-0.05, 0) is 23.3 Å². The Balaban J connectivity index is 1.99. The lowest BCUT2D eigenvalue weighted by molar-refractivity contribution is 0.373. The van der Waals surface area contributed by atoms with Gasteiger partial charge in [-0.1, -0.05) is 41.9 Å². The van der Waals surface area contributed by atoms with Crippen molar-refractivity contribution in [2.24, 2.45) is 5.10 Å². The smallest absolute Gasteiger partial charge is 0.176 e. The molecule has 0 aliphatic heterocycles. The number of nitrogens with one attached hydrogen (secondary N) is 1. The lowest BCUT2D eigenvalue weighted by Gasteiger charge is -2.06. The van der Waals surface area contributed by atoms with Gasteiger partial charge in [0.05, 0.1) is 24.9 Å². The van der Waals surface area contributed by atoms with E-state index in [2.05, 4.69) is 10.5 Å². The molecule has 0 amide bonds. The van der Waals surface area contributed by atoms with Crippen molar-refractivity contribution in [3.63, 3.8) is 0 Å². The van der Waals surface area contributed by atoms with Crippen molar-refractivity contribution >= 4 is 17.8 Å². The summed E-state index contributed by atoms with van der Waals surface area (Å²) in [5.74, 6) is 0.255. The van der Waals surface area contributed by atoms with Gasteiger partial charge in [-0.3, -0.25) is 0 Å². The fourth-order valence-electron chi connectivity index (χ4n) is 1.68. The number of rotatable bonds is 5. The Kier molecular flexibility index (Phi) is 4.85. The van der Waals surface area contributed by atoms with Crippen LogP contribution < -0.4 is 10.2 Å². The monoisotopic (exact) mass is 290 g/mol. The van der Waals surface area contributed by atoms with Crippen LogP contribution in [0.2, 0.25) is 5.02 Å². The molecule has 0 spiro atoms. The number of aromatic hydroxyl groups is 1. The highest BCUT2D eigenvalue weighted by Gasteiger charge is 2.07. The number of phenolic OH excluding ortho intramolecular Hbond substituents is 1. The Hall–Kier alpha value is -2.20. The maximum atomic E-state index is 9.63. The molecular formula is C15H15ClN2O2. The van der Waals surface area contributed by atoms with Crippen LogP contribution in [-0.2, 0) is 6.54 Å². The number of benzene rings is 2. The molecule has 0 fully saturated rings. The van der Waals surface area contributed by atoms with Crippen LogP contribution in [0, 0.1) is 0 Å². The molecule has 2 aromatic carbocycles. The molecule has 0 saturated heterocycles. The van der Waals surface area contributed by atoms with Crippen molar-refractivity contribution < 1.29 is 9.84 Å². The van der Waals surface area contributed by atoms with Crippen LogP contribution >= 0.6 is 11.6 Å². The zero-order valence-corrected chi connectivity index (χ0v) is 11.8. The van der Waals surface area contributed by atoms with Crippen LogP contribution in [0.25, 0.3) is 0 Å². The third-order valence-corrected chi connectivity index (χ3v) is 2.99. The highest BCUT2D eigenvalue weighted by atomic mass is 35.5. The van der Waals surface area contributed by atoms with Gasteiger partial charge >= 0.3 is 0 Å². The van der Waals surface area contributed by atoms with E-state index in [1.807, 2.05) is 30.3 Å². The standard InChI is InChI=1S/C15H15ClN2O2/c1-20-14-8-12(7-13(16)15(14)19)10-18-17-9-11-5-3-2-4-6-11/h2-8,10,17,19H,9H2,1H3. The number of nitrogens with zero attached hydrogens (tertiary/aromatic N) is 1. The topological polar surface area (TPSA) is 53.8 Å². The Morgan fingerprint density at radius 3 is 2.75 bits per heavy atom. The molecule has 0 saturated carbocycles. The first-order valence-electron chi connectivity index (χ1n) is 6.07. The normalized spacial score (nSPS) is 10.7. The maximum Gasteiger partial charge on any atom is 0.176 e. The van der Waals surface area contributed by atoms with E-state index in [1.165, 1.54) is 7.11 Å². The summed E-state index contributed by atoms with van der Waals surface area (Å²) in [5, 5.41) is 14.0. The number of phenols is 1. The minimum atomic E-state index is -0.0661. The lowest BCUT2D eigenvalue weighted by atomic mass is 10.2. The van der Waals surface area contributed by atoms with Crippen LogP contribution in [0.1, 0.15) is 11.1 Å². The summed E-state index contributed by atoms with van der Waals surface area (Å²) in [5.41, 5.74) is 4.83. The molecule has 0 aromatic heterocycles. The molecule has 0 heterocycles. The molecule has 0 bridgehead atoms. The Morgan fingerprint density at radius 1 is 1.30 bits per heavy atom. The van der Waals surface area contributed by atoms with E-state index in [4.69, 9.17) is 16.3 Å². The Bertz CT molecular complexity index is 600. The third kappa shape index (κ3) is 3.65. The Labute approximate surface area is 122 Å². The molecular weight excluding hydrogens is 276 g/mol. The van der Waals surface area contributed by atoms with Crippen LogP contribution in [0.5, 0.6) is 11.5 Å². The molecule has 20 heavy (non-hydrogen) atoms. The second-order valence-corrected chi connectivity index (χ2v) is 4.54. The van der Waals surface area contributed by atoms with Gasteiger partial charge in [0, 0.05) is 0 Å². The number of methoxy groups -OCH3 is 1. The van der Waals surface area contributed by atoms with Crippen molar-refractivity contribution in [2.45, 2.75) is 6.54 Å². The van der Waals surface area contributed by atoms with Crippen LogP contribution in [0.4, 0.5) is 0 Å². The van der Waals surface area contributed by atoms with Crippen LogP contribution in [0.3, 0.4) is 0 Å². The molecule has 2 aromatic rings. The molecule has 0 aliphatic carbocycles. The van der Waals surface area contributed by atoms with Crippen molar-refractivity contribution in [1.82, 2.24) is 5.43 Å². The second-order valence-electron chi connectivity index (χ2n) is 4.13. The highest BCUT2D eigenvalue weighted by molar-refractivity contribution is 6.32. The SMILES string of the molecule is COc1cc(C=NNCc2ccccc2)cc(Cl)c1O. The van der Waals surface area contributed by atoms with Gasteiger partial charge in [0.25, 0.3) is 0 Å². The summed E-state index contributed by atoms with van der Waals surface area (Å²) in [6.45, 7) is 0.639. The summed E-state index contributed by atoms with van der Waals surface area (Å²) in [6, 6.07) is 13.2. The van der Waals surface area contributed by atoms with E-state index in [0.717, 1.165) is 11.1 Å². The van der Waals surface area contributed by atoms with Crippen molar-refractivity contribution in [1.29, 1.82) is 0 Å². The first kappa shape index (κ1) is 14.2. The molecule has 4 nitrogen and oxygen atoms in total. The fraction of sp³-hybridized carbons (Fsp3) is 0.133. The summed E-state index contributed by atoms with van der Waals surface area (Å²) in [7, 11) is 1.47. The average molecular weight is 291 g/mol. The summed E-state index contributed by atoms with van der Waals surface area (Å²) in [6.07, 6.45) is 1.62.